The second-order valence-corrected chi connectivity index (χ2v) is 7.03. The monoisotopic (exact) mass is 431 g/mol. The van der Waals surface area contributed by atoms with E-state index in [4.69, 9.17) is 21.1 Å². The zero-order valence-electron chi connectivity index (χ0n) is 16.6. The van der Waals surface area contributed by atoms with Crippen molar-refractivity contribution in [3.05, 3.63) is 53.1 Å². The molecule has 3 rings (SSSR count). The molecule has 1 aliphatic heterocycles. The van der Waals surface area contributed by atoms with Gasteiger partial charge in [0, 0.05) is 0 Å². The van der Waals surface area contributed by atoms with E-state index >= 15 is 0 Å². The molecule has 0 radical (unpaired) electrons. The number of carbonyl (C=O) groups is 3. The van der Waals surface area contributed by atoms with E-state index in [1.165, 1.54) is 18.7 Å². The van der Waals surface area contributed by atoms with Gasteiger partial charge in [-0.1, -0.05) is 30.7 Å². The van der Waals surface area contributed by atoms with Gasteiger partial charge in [-0.25, -0.2) is 10.3 Å². The van der Waals surface area contributed by atoms with Gasteiger partial charge in [0.25, 0.3) is 11.8 Å². The van der Waals surface area contributed by atoms with Crippen LogP contribution in [-0.2, 0) is 20.8 Å². The number of hydrazine groups is 1. The minimum absolute atomic E-state index is 0.0951. The standard InChI is InChI=1S/C21H22ClN3O5/c1-3-13-4-7-15(8-5-13)30-12-19(26)24-23-17-11-20(27)25(21(17)28)14-6-9-18(29-2)16(22)10-14/h4-10,17,23H,3,11-12H2,1-2H3,(H,24,26)/t17-/m0/s1. The van der Waals surface area contributed by atoms with Crippen LogP contribution in [0.25, 0.3) is 0 Å². The number of rotatable bonds is 8. The number of nitrogens with one attached hydrogen (secondary N) is 2. The number of carbonyl (C=O) groups excluding carboxylic acids is 3. The Balaban J connectivity index is 1.53. The summed E-state index contributed by atoms with van der Waals surface area (Å²) in [5.41, 5.74) is 6.52. The van der Waals surface area contributed by atoms with E-state index in [-0.39, 0.29) is 18.1 Å². The Hall–Kier alpha value is -3.10. The predicted octanol–water partition coefficient (Wildman–Crippen LogP) is 2.24. The average molecular weight is 432 g/mol. The third-order valence-electron chi connectivity index (χ3n) is 4.63. The van der Waals surface area contributed by atoms with Crippen molar-refractivity contribution in [2.45, 2.75) is 25.8 Å². The summed E-state index contributed by atoms with van der Waals surface area (Å²) in [6.45, 7) is 1.82. The summed E-state index contributed by atoms with van der Waals surface area (Å²) in [6, 6.07) is 11.2. The molecule has 2 N–H and O–H groups in total. The van der Waals surface area contributed by atoms with Crippen LogP contribution in [0.2, 0.25) is 5.02 Å². The number of methoxy groups -OCH3 is 1. The number of hydrogen-bond acceptors (Lipinski definition) is 6. The van der Waals surface area contributed by atoms with Crippen molar-refractivity contribution in [1.29, 1.82) is 0 Å². The average Bonchev–Trinajstić information content (AvgIpc) is 3.04. The molecule has 1 saturated heterocycles. The molecule has 2 aromatic carbocycles. The van der Waals surface area contributed by atoms with E-state index in [0.717, 1.165) is 11.3 Å². The van der Waals surface area contributed by atoms with Crippen molar-refractivity contribution in [3.8, 4) is 11.5 Å². The van der Waals surface area contributed by atoms with E-state index in [2.05, 4.69) is 17.8 Å². The van der Waals surface area contributed by atoms with E-state index in [1.54, 1.807) is 24.3 Å². The molecule has 3 amide bonds. The zero-order chi connectivity index (χ0) is 21.7. The van der Waals surface area contributed by atoms with Gasteiger partial charge in [0.2, 0.25) is 5.91 Å². The van der Waals surface area contributed by atoms with Gasteiger partial charge in [-0.15, -0.1) is 0 Å². The van der Waals surface area contributed by atoms with Crippen LogP contribution >= 0.6 is 11.6 Å². The van der Waals surface area contributed by atoms with E-state index < -0.39 is 23.8 Å². The molecule has 0 aliphatic carbocycles. The van der Waals surface area contributed by atoms with Gasteiger partial charge in [-0.2, -0.15) is 0 Å². The Kier molecular flexibility index (Phi) is 6.91. The molecule has 2 aromatic rings. The Morgan fingerprint density at radius 1 is 1.20 bits per heavy atom. The second-order valence-electron chi connectivity index (χ2n) is 6.62. The van der Waals surface area contributed by atoms with Crippen LogP contribution < -0.4 is 25.2 Å². The number of benzene rings is 2. The summed E-state index contributed by atoms with van der Waals surface area (Å²) in [7, 11) is 1.47. The maximum atomic E-state index is 12.6. The number of amides is 3. The predicted molar refractivity (Wildman–Crippen MR) is 111 cm³/mol. The first-order valence-corrected chi connectivity index (χ1v) is 9.77. The van der Waals surface area contributed by atoms with Crippen molar-refractivity contribution >= 4 is 35.0 Å². The molecule has 0 bridgehead atoms. The molecule has 1 heterocycles. The highest BCUT2D eigenvalue weighted by Gasteiger charge is 2.40. The topological polar surface area (TPSA) is 97.0 Å². The fraction of sp³-hybridized carbons (Fsp3) is 0.286. The Morgan fingerprint density at radius 3 is 2.57 bits per heavy atom. The minimum Gasteiger partial charge on any atom is -0.495 e. The maximum Gasteiger partial charge on any atom is 0.272 e. The first-order valence-electron chi connectivity index (χ1n) is 9.39. The van der Waals surface area contributed by atoms with Gasteiger partial charge < -0.3 is 9.47 Å². The first kappa shape index (κ1) is 21.6. The third-order valence-corrected chi connectivity index (χ3v) is 4.92. The summed E-state index contributed by atoms with van der Waals surface area (Å²) < 4.78 is 10.5. The molecular weight excluding hydrogens is 410 g/mol. The van der Waals surface area contributed by atoms with Crippen LogP contribution in [0.4, 0.5) is 5.69 Å². The molecule has 0 unspecified atom stereocenters. The molecule has 1 atom stereocenters. The van der Waals surface area contributed by atoms with E-state index in [9.17, 15) is 14.4 Å². The first-order chi connectivity index (χ1) is 14.4. The zero-order valence-corrected chi connectivity index (χ0v) is 17.4. The lowest BCUT2D eigenvalue weighted by atomic mass is 10.2. The van der Waals surface area contributed by atoms with Gasteiger partial charge in [-0.3, -0.25) is 19.8 Å². The molecule has 1 fully saturated rings. The SMILES string of the molecule is CCc1ccc(OCC(=O)NN[C@H]2CC(=O)N(c3ccc(OC)c(Cl)c3)C2=O)cc1. The number of hydrogen-bond donors (Lipinski definition) is 2. The molecule has 158 valence electrons. The van der Waals surface area contributed by atoms with Crippen molar-refractivity contribution in [1.82, 2.24) is 10.9 Å². The largest absolute Gasteiger partial charge is 0.495 e. The number of imide groups is 1. The summed E-state index contributed by atoms with van der Waals surface area (Å²) >= 11 is 6.08. The number of aryl methyl sites for hydroxylation is 1. The molecule has 9 heteroatoms. The maximum absolute atomic E-state index is 12.6. The van der Waals surface area contributed by atoms with Crippen LogP contribution in [0, 0.1) is 0 Å². The fourth-order valence-electron chi connectivity index (χ4n) is 2.98. The van der Waals surface area contributed by atoms with Gasteiger partial charge in [0.1, 0.15) is 17.5 Å². The quantitative estimate of drug-likeness (QED) is 0.491. The second kappa shape index (κ2) is 9.60. The van der Waals surface area contributed by atoms with Gasteiger partial charge >= 0.3 is 0 Å². The van der Waals surface area contributed by atoms with Crippen molar-refractivity contribution < 1.29 is 23.9 Å². The van der Waals surface area contributed by atoms with Crippen molar-refractivity contribution in [2.24, 2.45) is 0 Å². The highest BCUT2D eigenvalue weighted by atomic mass is 35.5. The number of anilines is 1. The summed E-state index contributed by atoms with van der Waals surface area (Å²) in [4.78, 5) is 38.0. The van der Waals surface area contributed by atoms with Crippen LogP contribution in [-0.4, -0.2) is 37.5 Å². The van der Waals surface area contributed by atoms with Gasteiger partial charge in [-0.05, 0) is 42.3 Å². The van der Waals surface area contributed by atoms with E-state index in [0.29, 0.717) is 17.2 Å². The molecular formula is C21H22ClN3O5. The van der Waals surface area contributed by atoms with Crippen LogP contribution in [0.5, 0.6) is 11.5 Å². The number of ether oxygens (including phenoxy) is 2. The Labute approximate surface area is 179 Å². The highest BCUT2D eigenvalue weighted by Crippen LogP contribution is 2.31. The van der Waals surface area contributed by atoms with E-state index in [1.807, 2.05) is 12.1 Å². The highest BCUT2D eigenvalue weighted by molar-refractivity contribution is 6.33. The Bertz CT molecular complexity index is 948. The molecule has 0 aromatic heterocycles. The lowest BCUT2D eigenvalue weighted by molar-refractivity contribution is -0.125. The smallest absolute Gasteiger partial charge is 0.272 e. The summed E-state index contributed by atoms with van der Waals surface area (Å²) in [6.07, 6.45) is 0.820. The summed E-state index contributed by atoms with van der Waals surface area (Å²) in [5, 5.41) is 0.282. The van der Waals surface area contributed by atoms with Crippen LogP contribution in [0.15, 0.2) is 42.5 Å². The molecule has 0 spiro atoms. The van der Waals surface area contributed by atoms with Crippen LogP contribution in [0.3, 0.4) is 0 Å². The lowest BCUT2D eigenvalue weighted by Crippen LogP contribution is -2.49. The third kappa shape index (κ3) is 4.90. The van der Waals surface area contributed by atoms with Gasteiger partial charge in [0.15, 0.2) is 6.61 Å². The van der Waals surface area contributed by atoms with Crippen molar-refractivity contribution in [2.75, 3.05) is 18.6 Å². The van der Waals surface area contributed by atoms with Gasteiger partial charge in [0.05, 0.1) is 24.2 Å². The Morgan fingerprint density at radius 2 is 1.93 bits per heavy atom. The fourth-order valence-corrected chi connectivity index (χ4v) is 3.24. The van der Waals surface area contributed by atoms with Crippen LogP contribution in [0.1, 0.15) is 18.9 Å². The molecule has 8 nitrogen and oxygen atoms in total. The number of halogens is 1. The lowest BCUT2D eigenvalue weighted by Gasteiger charge is -2.17. The molecule has 1 aliphatic rings. The van der Waals surface area contributed by atoms with Crippen molar-refractivity contribution in [3.63, 3.8) is 0 Å². The minimum atomic E-state index is -0.883. The molecule has 30 heavy (non-hydrogen) atoms. The molecule has 0 saturated carbocycles. The summed E-state index contributed by atoms with van der Waals surface area (Å²) in [5.74, 6) is -0.360. The normalized spacial score (nSPS) is 16.0. The number of nitrogens with zero attached hydrogens (tertiary/aromatic N) is 1.